The SMILES string of the molecule is COc1ccc(/C(=C2\C[C@H](O)c3ccccc3S2)P2(=O)OCC(C)(C)CO2)cc1. The molecule has 1 atom stereocenters. The fourth-order valence-electron chi connectivity index (χ4n) is 3.40. The predicted octanol–water partition coefficient (Wildman–Crippen LogP) is 5.86. The van der Waals surface area contributed by atoms with Crippen LogP contribution >= 0.6 is 19.4 Å². The van der Waals surface area contributed by atoms with Crippen molar-refractivity contribution in [3.8, 4) is 5.75 Å². The van der Waals surface area contributed by atoms with E-state index < -0.39 is 13.7 Å². The molecule has 0 saturated carbocycles. The smallest absolute Gasteiger partial charge is 0.362 e. The van der Waals surface area contributed by atoms with Gasteiger partial charge in [-0.15, -0.1) is 0 Å². The molecular weight excluding hydrogens is 407 g/mol. The molecule has 0 radical (unpaired) electrons. The van der Waals surface area contributed by atoms with E-state index in [0.717, 1.165) is 20.9 Å². The zero-order valence-electron chi connectivity index (χ0n) is 16.8. The normalized spacial score (nSPS) is 24.5. The Kier molecular flexibility index (Phi) is 5.66. The van der Waals surface area contributed by atoms with Gasteiger partial charge in [-0.25, -0.2) is 0 Å². The lowest BCUT2D eigenvalue weighted by molar-refractivity contribution is 0.0467. The number of methoxy groups -OCH3 is 1. The molecule has 0 unspecified atom stereocenters. The number of aliphatic hydroxyl groups excluding tert-OH is 1. The van der Waals surface area contributed by atoms with Crippen molar-refractivity contribution in [2.75, 3.05) is 20.3 Å². The number of ether oxygens (including phenoxy) is 1. The number of hydrogen-bond donors (Lipinski definition) is 1. The van der Waals surface area contributed by atoms with Gasteiger partial charge in [0.2, 0.25) is 0 Å². The zero-order valence-corrected chi connectivity index (χ0v) is 18.5. The summed E-state index contributed by atoms with van der Waals surface area (Å²) in [4.78, 5) is 1.76. The Morgan fingerprint density at radius 1 is 1.14 bits per heavy atom. The minimum Gasteiger partial charge on any atom is -0.497 e. The summed E-state index contributed by atoms with van der Waals surface area (Å²) in [6.07, 6.45) is -0.299. The molecule has 2 aromatic rings. The van der Waals surface area contributed by atoms with E-state index in [1.807, 2.05) is 62.4 Å². The van der Waals surface area contributed by atoms with Crippen molar-refractivity contribution in [3.05, 3.63) is 64.6 Å². The van der Waals surface area contributed by atoms with Gasteiger partial charge in [0, 0.05) is 21.6 Å². The van der Waals surface area contributed by atoms with Gasteiger partial charge in [-0.3, -0.25) is 4.57 Å². The molecule has 0 aliphatic carbocycles. The highest BCUT2D eigenvalue weighted by Gasteiger charge is 2.42. The van der Waals surface area contributed by atoms with E-state index in [1.165, 1.54) is 11.8 Å². The fourth-order valence-corrected chi connectivity index (χ4v) is 7.30. The summed E-state index contributed by atoms with van der Waals surface area (Å²) >= 11 is 1.52. The van der Waals surface area contributed by atoms with Crippen molar-refractivity contribution in [2.24, 2.45) is 5.41 Å². The topological polar surface area (TPSA) is 65.0 Å². The average molecular weight is 432 g/mol. The van der Waals surface area contributed by atoms with E-state index in [1.54, 1.807) is 7.11 Å². The third-order valence-electron chi connectivity index (χ3n) is 5.04. The quantitative estimate of drug-likeness (QED) is 0.613. The van der Waals surface area contributed by atoms with Crippen LogP contribution in [0.2, 0.25) is 0 Å². The molecule has 0 bridgehead atoms. The molecule has 0 spiro atoms. The van der Waals surface area contributed by atoms with Crippen LogP contribution in [-0.2, 0) is 13.6 Å². The molecular formula is C22H25O5PS. The maximum Gasteiger partial charge on any atom is 0.362 e. The first-order valence-electron chi connectivity index (χ1n) is 9.53. The molecule has 7 heteroatoms. The monoisotopic (exact) mass is 432 g/mol. The van der Waals surface area contributed by atoms with Gasteiger partial charge >= 0.3 is 7.60 Å². The Morgan fingerprint density at radius 2 is 1.79 bits per heavy atom. The molecule has 2 aliphatic rings. The molecule has 2 heterocycles. The largest absolute Gasteiger partial charge is 0.497 e. The van der Waals surface area contributed by atoms with E-state index in [9.17, 15) is 9.67 Å². The Bertz CT molecular complexity index is 969. The van der Waals surface area contributed by atoms with E-state index in [0.29, 0.717) is 30.7 Å². The van der Waals surface area contributed by atoms with Crippen LogP contribution < -0.4 is 4.74 Å². The van der Waals surface area contributed by atoms with Gasteiger partial charge in [0.1, 0.15) is 5.75 Å². The van der Waals surface area contributed by atoms with Gasteiger partial charge in [0.15, 0.2) is 0 Å². The second kappa shape index (κ2) is 7.93. The molecule has 2 aliphatic heterocycles. The van der Waals surface area contributed by atoms with Gasteiger partial charge in [-0.05, 0) is 29.3 Å². The van der Waals surface area contributed by atoms with Crippen LogP contribution in [0.4, 0.5) is 0 Å². The Hall–Kier alpha value is -1.56. The van der Waals surface area contributed by atoms with E-state index in [2.05, 4.69) is 0 Å². The number of benzene rings is 2. The van der Waals surface area contributed by atoms with Crippen LogP contribution in [0.15, 0.2) is 58.3 Å². The van der Waals surface area contributed by atoms with Crippen molar-refractivity contribution < 1.29 is 23.5 Å². The summed E-state index contributed by atoms with van der Waals surface area (Å²) < 4.78 is 30.9. The van der Waals surface area contributed by atoms with Crippen LogP contribution in [0.1, 0.15) is 37.5 Å². The van der Waals surface area contributed by atoms with Gasteiger partial charge in [0.05, 0.1) is 31.7 Å². The summed E-state index contributed by atoms with van der Waals surface area (Å²) in [6.45, 7) is 4.74. The van der Waals surface area contributed by atoms with Crippen LogP contribution in [0.5, 0.6) is 5.75 Å². The maximum absolute atomic E-state index is 13.9. The number of hydrogen-bond acceptors (Lipinski definition) is 6. The number of thioether (sulfide) groups is 1. The lowest BCUT2D eigenvalue weighted by atomic mass is 9.97. The zero-order chi connectivity index (χ0) is 20.6. The third-order valence-corrected chi connectivity index (χ3v) is 8.42. The first-order chi connectivity index (χ1) is 13.8. The molecule has 4 rings (SSSR count). The fraction of sp³-hybridized carbons (Fsp3) is 0.364. The molecule has 1 saturated heterocycles. The molecule has 1 fully saturated rings. The Labute approximate surface area is 175 Å². The molecule has 5 nitrogen and oxygen atoms in total. The van der Waals surface area contributed by atoms with Crippen molar-refractivity contribution >= 4 is 24.7 Å². The summed E-state index contributed by atoms with van der Waals surface area (Å²) in [5.41, 5.74) is 1.44. The number of fused-ring (bicyclic) bond motifs is 1. The van der Waals surface area contributed by atoms with Crippen molar-refractivity contribution in [1.82, 2.24) is 0 Å². The van der Waals surface area contributed by atoms with Crippen LogP contribution in [0, 0.1) is 5.41 Å². The molecule has 29 heavy (non-hydrogen) atoms. The summed E-state index contributed by atoms with van der Waals surface area (Å²) in [5.74, 6) is 0.713. The third kappa shape index (κ3) is 4.18. The number of aliphatic hydroxyl groups is 1. The van der Waals surface area contributed by atoms with E-state index in [-0.39, 0.29) is 5.41 Å². The van der Waals surface area contributed by atoms with Gasteiger partial charge < -0.3 is 18.9 Å². The van der Waals surface area contributed by atoms with Crippen molar-refractivity contribution in [1.29, 1.82) is 0 Å². The number of rotatable bonds is 3. The molecule has 2 aromatic carbocycles. The first kappa shape index (κ1) is 20.7. The summed E-state index contributed by atoms with van der Waals surface area (Å²) in [6, 6.07) is 15.1. The van der Waals surface area contributed by atoms with Gasteiger partial charge in [-0.1, -0.05) is 55.9 Å². The second-order valence-corrected chi connectivity index (χ2v) is 11.2. The second-order valence-electron chi connectivity index (χ2n) is 8.07. The van der Waals surface area contributed by atoms with Gasteiger partial charge in [-0.2, -0.15) is 0 Å². The molecule has 154 valence electrons. The predicted molar refractivity (Wildman–Crippen MR) is 115 cm³/mol. The highest BCUT2D eigenvalue weighted by Crippen LogP contribution is 2.67. The minimum absolute atomic E-state index is 0.199. The highest BCUT2D eigenvalue weighted by molar-refractivity contribution is 8.03. The van der Waals surface area contributed by atoms with E-state index >= 15 is 0 Å². The minimum atomic E-state index is -3.55. The highest BCUT2D eigenvalue weighted by atomic mass is 32.2. The van der Waals surface area contributed by atoms with E-state index in [4.69, 9.17) is 13.8 Å². The Balaban J connectivity index is 1.83. The first-order valence-corrected chi connectivity index (χ1v) is 11.9. The van der Waals surface area contributed by atoms with Crippen molar-refractivity contribution in [2.45, 2.75) is 31.3 Å². The van der Waals surface area contributed by atoms with Crippen LogP contribution in [-0.4, -0.2) is 25.4 Å². The lowest BCUT2D eigenvalue weighted by Crippen LogP contribution is -2.29. The average Bonchev–Trinajstić information content (AvgIpc) is 2.71. The standard InChI is InChI=1S/C22H25O5PS/c1-22(2)13-26-28(24,27-14-22)21(15-8-10-16(25-3)11-9-15)20-12-18(23)17-6-4-5-7-19(17)29-20/h4-11,18,23H,12-14H2,1-3H3/b21-20-/t18-/m0/s1. The maximum atomic E-state index is 13.9. The van der Waals surface area contributed by atoms with Crippen LogP contribution in [0.3, 0.4) is 0 Å². The van der Waals surface area contributed by atoms with Crippen molar-refractivity contribution in [3.63, 3.8) is 0 Å². The summed E-state index contributed by atoms with van der Waals surface area (Å²) in [5, 5.41) is 11.3. The molecule has 0 amide bonds. The lowest BCUT2D eigenvalue weighted by Gasteiger charge is -2.36. The molecule has 1 N–H and O–H groups in total. The Morgan fingerprint density at radius 3 is 2.45 bits per heavy atom. The summed E-state index contributed by atoms with van der Waals surface area (Å²) in [7, 11) is -1.94. The molecule has 0 aromatic heterocycles. The van der Waals surface area contributed by atoms with Gasteiger partial charge in [0.25, 0.3) is 0 Å². The van der Waals surface area contributed by atoms with Crippen LogP contribution in [0.25, 0.3) is 5.31 Å².